The summed E-state index contributed by atoms with van der Waals surface area (Å²) in [5.74, 6) is -0.444. The molecule has 1 aliphatic heterocycles. The maximum absolute atomic E-state index is 5.75. The van der Waals surface area contributed by atoms with Gasteiger partial charge in [-0.1, -0.05) is 19.9 Å². The largest absolute Gasteiger partial charge is 0.344 e. The van der Waals surface area contributed by atoms with E-state index in [-0.39, 0.29) is 5.41 Å². The predicted octanol–water partition coefficient (Wildman–Crippen LogP) is 3.05. The summed E-state index contributed by atoms with van der Waals surface area (Å²) in [6, 6.07) is 0. The highest BCUT2D eigenvalue weighted by Crippen LogP contribution is 2.47. The molecule has 2 aliphatic rings. The van der Waals surface area contributed by atoms with Crippen molar-refractivity contribution in [1.29, 1.82) is 0 Å². The first-order chi connectivity index (χ1) is 6.99. The highest BCUT2D eigenvalue weighted by atomic mass is 16.7. The van der Waals surface area contributed by atoms with Gasteiger partial charge < -0.3 is 9.47 Å². The van der Waals surface area contributed by atoms with Crippen molar-refractivity contribution in [3.8, 4) is 0 Å². The third kappa shape index (κ3) is 1.77. The number of ether oxygens (including phenoxy) is 2. The average molecular weight is 208 g/mol. The second kappa shape index (κ2) is 3.46. The Morgan fingerprint density at radius 3 is 2.33 bits per heavy atom. The molecule has 1 aliphatic carbocycles. The summed E-state index contributed by atoms with van der Waals surface area (Å²) in [6.07, 6.45) is 5.26. The van der Waals surface area contributed by atoms with Crippen LogP contribution in [0.25, 0.3) is 0 Å². The van der Waals surface area contributed by atoms with Crippen LogP contribution in [0.1, 0.15) is 34.1 Å². The normalized spacial score (nSPS) is 30.9. The molecule has 1 heterocycles. The summed E-state index contributed by atoms with van der Waals surface area (Å²) < 4.78 is 11.5. The predicted molar refractivity (Wildman–Crippen MR) is 60.5 cm³/mol. The van der Waals surface area contributed by atoms with Crippen molar-refractivity contribution < 1.29 is 9.47 Å². The van der Waals surface area contributed by atoms with E-state index in [1.807, 2.05) is 0 Å². The SMILES string of the molecule is C/C=C1\C(C)=CC2(CC1(C)C)OCCO2. The van der Waals surface area contributed by atoms with Gasteiger partial charge >= 0.3 is 0 Å². The zero-order valence-corrected chi connectivity index (χ0v) is 10.1. The quantitative estimate of drug-likeness (QED) is 0.609. The van der Waals surface area contributed by atoms with E-state index < -0.39 is 5.79 Å². The van der Waals surface area contributed by atoms with E-state index in [9.17, 15) is 0 Å². The van der Waals surface area contributed by atoms with Crippen LogP contribution in [-0.2, 0) is 9.47 Å². The van der Waals surface area contributed by atoms with Gasteiger partial charge in [0.15, 0.2) is 5.79 Å². The summed E-state index contributed by atoms with van der Waals surface area (Å²) in [6.45, 7) is 10.2. The van der Waals surface area contributed by atoms with Crippen LogP contribution >= 0.6 is 0 Å². The van der Waals surface area contributed by atoms with Gasteiger partial charge in [0.2, 0.25) is 0 Å². The highest BCUT2D eigenvalue weighted by molar-refractivity contribution is 5.39. The van der Waals surface area contributed by atoms with Gasteiger partial charge in [0, 0.05) is 6.42 Å². The lowest BCUT2D eigenvalue weighted by molar-refractivity contribution is -0.139. The van der Waals surface area contributed by atoms with Gasteiger partial charge in [-0.05, 0) is 36.5 Å². The molecule has 0 unspecified atom stereocenters. The molecule has 2 heteroatoms. The van der Waals surface area contributed by atoms with E-state index >= 15 is 0 Å². The molecule has 0 atom stereocenters. The Labute approximate surface area is 92.0 Å². The highest BCUT2D eigenvalue weighted by Gasteiger charge is 2.44. The lowest BCUT2D eigenvalue weighted by atomic mass is 9.71. The monoisotopic (exact) mass is 208 g/mol. The van der Waals surface area contributed by atoms with E-state index in [0.29, 0.717) is 13.2 Å². The molecule has 0 N–H and O–H groups in total. The molecule has 1 saturated heterocycles. The molecule has 0 amide bonds. The van der Waals surface area contributed by atoms with Crippen LogP contribution in [0.5, 0.6) is 0 Å². The number of rotatable bonds is 0. The third-order valence-corrected chi connectivity index (χ3v) is 3.34. The van der Waals surface area contributed by atoms with Crippen molar-refractivity contribution in [3.05, 3.63) is 23.3 Å². The van der Waals surface area contributed by atoms with Crippen molar-refractivity contribution >= 4 is 0 Å². The first kappa shape index (κ1) is 10.9. The molecule has 0 radical (unpaired) electrons. The van der Waals surface area contributed by atoms with E-state index in [4.69, 9.17) is 9.47 Å². The van der Waals surface area contributed by atoms with Gasteiger partial charge in [0.25, 0.3) is 0 Å². The Kier molecular flexibility index (Phi) is 2.52. The molecule has 0 aromatic rings. The average Bonchev–Trinajstić information content (AvgIpc) is 2.50. The van der Waals surface area contributed by atoms with Crippen LogP contribution in [0.4, 0.5) is 0 Å². The van der Waals surface area contributed by atoms with Crippen molar-refractivity contribution in [1.82, 2.24) is 0 Å². The van der Waals surface area contributed by atoms with Crippen LogP contribution in [0.15, 0.2) is 23.3 Å². The zero-order valence-electron chi connectivity index (χ0n) is 10.1. The molecule has 0 saturated carbocycles. The molecule has 0 aromatic heterocycles. The fourth-order valence-electron chi connectivity index (χ4n) is 2.98. The standard InChI is InChI=1S/C13H20O2/c1-5-11-10(2)8-13(9-12(11,3)4)14-6-7-15-13/h5,8H,6-7,9H2,1-4H3/b11-5+. The molecule has 2 rings (SSSR count). The van der Waals surface area contributed by atoms with E-state index in [1.54, 1.807) is 0 Å². The van der Waals surface area contributed by atoms with Gasteiger partial charge in [-0.3, -0.25) is 0 Å². The molecule has 2 nitrogen and oxygen atoms in total. The third-order valence-electron chi connectivity index (χ3n) is 3.34. The lowest BCUT2D eigenvalue weighted by Crippen LogP contribution is -2.39. The Morgan fingerprint density at radius 2 is 1.87 bits per heavy atom. The summed E-state index contributed by atoms with van der Waals surface area (Å²) in [5.41, 5.74) is 2.83. The first-order valence-corrected chi connectivity index (χ1v) is 5.64. The maximum Gasteiger partial charge on any atom is 0.189 e. The van der Waals surface area contributed by atoms with Crippen LogP contribution in [-0.4, -0.2) is 19.0 Å². The Bertz CT molecular complexity index is 317. The minimum atomic E-state index is -0.444. The molecule has 0 bridgehead atoms. The summed E-state index contributed by atoms with van der Waals surface area (Å²) in [4.78, 5) is 0. The van der Waals surface area contributed by atoms with Crippen LogP contribution in [0.2, 0.25) is 0 Å². The summed E-state index contributed by atoms with van der Waals surface area (Å²) >= 11 is 0. The molecule has 1 fully saturated rings. The Balaban J connectivity index is 2.40. The first-order valence-electron chi connectivity index (χ1n) is 5.64. The Hall–Kier alpha value is -0.600. The van der Waals surface area contributed by atoms with Crippen molar-refractivity contribution in [3.63, 3.8) is 0 Å². The summed E-state index contributed by atoms with van der Waals surface area (Å²) in [7, 11) is 0. The van der Waals surface area contributed by atoms with E-state index in [1.165, 1.54) is 11.1 Å². The fraction of sp³-hybridized carbons (Fsp3) is 0.692. The molecular weight excluding hydrogens is 188 g/mol. The second-order valence-electron chi connectivity index (χ2n) is 5.10. The minimum absolute atomic E-state index is 0.137. The van der Waals surface area contributed by atoms with E-state index in [2.05, 4.69) is 39.8 Å². The van der Waals surface area contributed by atoms with Crippen molar-refractivity contribution in [2.75, 3.05) is 13.2 Å². The smallest absolute Gasteiger partial charge is 0.189 e. The van der Waals surface area contributed by atoms with Crippen LogP contribution in [0, 0.1) is 5.41 Å². The van der Waals surface area contributed by atoms with Crippen LogP contribution < -0.4 is 0 Å². The number of hydrogen-bond acceptors (Lipinski definition) is 2. The van der Waals surface area contributed by atoms with Crippen molar-refractivity contribution in [2.45, 2.75) is 39.9 Å². The van der Waals surface area contributed by atoms with Gasteiger partial charge in [-0.25, -0.2) is 0 Å². The molecule has 15 heavy (non-hydrogen) atoms. The summed E-state index contributed by atoms with van der Waals surface area (Å²) in [5, 5.41) is 0. The molecule has 0 aromatic carbocycles. The molecular formula is C13H20O2. The fourth-order valence-corrected chi connectivity index (χ4v) is 2.98. The lowest BCUT2D eigenvalue weighted by Gasteiger charge is -2.41. The van der Waals surface area contributed by atoms with E-state index in [0.717, 1.165) is 6.42 Å². The van der Waals surface area contributed by atoms with Gasteiger partial charge in [0.1, 0.15) is 0 Å². The number of hydrogen-bond donors (Lipinski definition) is 0. The molecule has 1 spiro atoms. The van der Waals surface area contributed by atoms with Crippen molar-refractivity contribution in [2.24, 2.45) is 5.41 Å². The molecule has 84 valence electrons. The van der Waals surface area contributed by atoms with Gasteiger partial charge in [-0.2, -0.15) is 0 Å². The zero-order chi connectivity index (χ0) is 11.1. The Morgan fingerprint density at radius 1 is 1.27 bits per heavy atom. The maximum atomic E-state index is 5.75. The second-order valence-corrected chi connectivity index (χ2v) is 5.10. The minimum Gasteiger partial charge on any atom is -0.344 e. The topological polar surface area (TPSA) is 18.5 Å². The number of allylic oxidation sites excluding steroid dienone is 3. The van der Waals surface area contributed by atoms with Gasteiger partial charge in [-0.15, -0.1) is 0 Å². The van der Waals surface area contributed by atoms with Gasteiger partial charge in [0.05, 0.1) is 13.2 Å². The van der Waals surface area contributed by atoms with Crippen LogP contribution in [0.3, 0.4) is 0 Å².